The number of rotatable bonds is 11. The van der Waals surface area contributed by atoms with Crippen LogP contribution in [0.25, 0.3) is 0 Å². The highest BCUT2D eigenvalue weighted by Gasteiger charge is 2.23. The highest BCUT2D eigenvalue weighted by Crippen LogP contribution is 2.29. The molecule has 0 aliphatic carbocycles. The molecule has 14 heteroatoms. The minimum Gasteiger partial charge on any atom is -0.482 e. The molecule has 2 aromatic rings. The van der Waals surface area contributed by atoms with Crippen LogP contribution in [0, 0.1) is 10.1 Å². The van der Waals surface area contributed by atoms with Gasteiger partial charge in [-0.05, 0) is 31.2 Å². The van der Waals surface area contributed by atoms with E-state index in [1.165, 1.54) is 12.1 Å². The minimum atomic E-state index is -0.622. The number of nitrogens with zero attached hydrogens (tertiary/aromatic N) is 4. The summed E-state index contributed by atoms with van der Waals surface area (Å²) in [5, 5.41) is 15.2. The second kappa shape index (κ2) is 12.3. The van der Waals surface area contributed by atoms with Crippen molar-refractivity contribution < 1.29 is 19.2 Å². The quantitative estimate of drug-likeness (QED) is 0.239. The summed E-state index contributed by atoms with van der Waals surface area (Å²) in [7, 11) is 0. The molecule has 1 aromatic carbocycles. The predicted octanol–water partition coefficient (Wildman–Crippen LogP) is 2.35. The number of carbonyl (C=O) groups excluding carboxylic acids is 1. The van der Waals surface area contributed by atoms with E-state index in [1.807, 2.05) is 0 Å². The van der Waals surface area contributed by atoms with E-state index in [9.17, 15) is 14.9 Å². The lowest BCUT2D eigenvalue weighted by atomic mass is 10.3. The molecule has 0 spiro atoms. The smallest absolute Gasteiger partial charge is 0.354 e. The van der Waals surface area contributed by atoms with Crippen LogP contribution in [-0.2, 0) is 9.53 Å². The summed E-state index contributed by atoms with van der Waals surface area (Å²) in [6.07, 6.45) is 1.93. The van der Waals surface area contributed by atoms with Crippen LogP contribution in [0.4, 0.5) is 17.3 Å². The molecule has 1 aliphatic heterocycles. The largest absolute Gasteiger partial charge is 0.482 e. The maximum atomic E-state index is 12.1. The lowest BCUT2D eigenvalue weighted by Crippen LogP contribution is -2.37. The lowest BCUT2D eigenvalue weighted by molar-refractivity contribution is -0.383. The molecular weight excluding hydrogens is 477 g/mol. The first kappa shape index (κ1) is 24.7. The summed E-state index contributed by atoms with van der Waals surface area (Å²) < 4.78 is 10.6. The van der Waals surface area contributed by atoms with Crippen molar-refractivity contribution >= 4 is 46.4 Å². The van der Waals surface area contributed by atoms with Gasteiger partial charge in [0.15, 0.2) is 6.61 Å². The molecule has 3 N–H and O–H groups in total. The average Bonchev–Trinajstić information content (AvgIpc) is 2.80. The second-order valence-corrected chi connectivity index (χ2v) is 7.79. The van der Waals surface area contributed by atoms with Gasteiger partial charge in [0, 0.05) is 24.7 Å². The molecule has 1 aliphatic rings. The third kappa shape index (κ3) is 7.56. The molecule has 12 nitrogen and oxygen atoms in total. The molecule has 0 bridgehead atoms. The second-order valence-electron chi connectivity index (χ2n) is 6.95. The van der Waals surface area contributed by atoms with Crippen molar-refractivity contribution in [1.29, 1.82) is 0 Å². The van der Waals surface area contributed by atoms with E-state index >= 15 is 0 Å². The van der Waals surface area contributed by atoms with Crippen LogP contribution in [-0.4, -0.2) is 71.7 Å². The van der Waals surface area contributed by atoms with E-state index in [1.54, 1.807) is 6.07 Å². The van der Waals surface area contributed by atoms with E-state index < -0.39 is 10.8 Å². The first-order valence-corrected chi connectivity index (χ1v) is 10.9. The molecule has 0 unspecified atom stereocenters. The van der Waals surface area contributed by atoms with Gasteiger partial charge in [0.05, 0.1) is 23.2 Å². The number of amides is 1. The third-order valence-corrected chi connectivity index (χ3v) is 5.16. The molecule has 2 heterocycles. The first-order valence-electron chi connectivity index (χ1n) is 10.1. The molecule has 178 valence electrons. The van der Waals surface area contributed by atoms with Gasteiger partial charge in [0.1, 0.15) is 12.1 Å². The predicted molar refractivity (Wildman–Crippen MR) is 123 cm³/mol. The van der Waals surface area contributed by atoms with Gasteiger partial charge in [-0.3, -0.25) is 30.7 Å². The Morgan fingerprint density at radius 1 is 1.24 bits per heavy atom. The number of morpholine rings is 1. The maximum Gasteiger partial charge on any atom is 0.354 e. The number of hydrogen-bond donors (Lipinski definition) is 3. The van der Waals surface area contributed by atoms with Crippen LogP contribution < -0.4 is 20.9 Å². The number of nitro groups is 1. The van der Waals surface area contributed by atoms with E-state index in [4.69, 9.17) is 32.7 Å². The van der Waals surface area contributed by atoms with Gasteiger partial charge in [-0.1, -0.05) is 23.2 Å². The van der Waals surface area contributed by atoms with E-state index in [2.05, 4.69) is 31.0 Å². The van der Waals surface area contributed by atoms with Crippen LogP contribution in [0.15, 0.2) is 24.5 Å². The van der Waals surface area contributed by atoms with Crippen LogP contribution in [0.5, 0.6) is 5.75 Å². The van der Waals surface area contributed by atoms with Crippen LogP contribution in [0.3, 0.4) is 0 Å². The number of aromatic nitrogens is 2. The molecule has 1 fully saturated rings. The fraction of sp³-hybridized carbons (Fsp3) is 0.421. The molecule has 3 rings (SSSR count). The van der Waals surface area contributed by atoms with Gasteiger partial charge in [0.25, 0.3) is 5.91 Å². The third-order valence-electron chi connectivity index (χ3n) is 4.63. The van der Waals surface area contributed by atoms with Gasteiger partial charge < -0.3 is 14.8 Å². The summed E-state index contributed by atoms with van der Waals surface area (Å²) in [5.41, 5.74) is 4.37. The number of hydrogen-bond acceptors (Lipinski definition) is 10. The number of halogens is 2. The Balaban J connectivity index is 1.51. The molecule has 0 atom stereocenters. The van der Waals surface area contributed by atoms with Gasteiger partial charge in [-0.2, -0.15) is 0 Å². The van der Waals surface area contributed by atoms with Crippen LogP contribution >= 0.6 is 23.2 Å². The number of carbonyl (C=O) groups is 1. The fourth-order valence-corrected chi connectivity index (χ4v) is 3.47. The Bertz CT molecular complexity index is 976. The summed E-state index contributed by atoms with van der Waals surface area (Å²) in [4.78, 5) is 33.2. The van der Waals surface area contributed by atoms with Gasteiger partial charge in [0.2, 0.25) is 11.6 Å². The number of nitrogens with one attached hydrogen (secondary N) is 3. The molecule has 1 aromatic heterocycles. The van der Waals surface area contributed by atoms with E-state index in [0.717, 1.165) is 32.4 Å². The fourth-order valence-electron chi connectivity index (χ4n) is 3.01. The Kier molecular flexibility index (Phi) is 9.24. The molecule has 1 saturated heterocycles. The average molecular weight is 500 g/mol. The Labute approximate surface area is 199 Å². The summed E-state index contributed by atoms with van der Waals surface area (Å²) in [5.74, 6) is -0.441. The van der Waals surface area contributed by atoms with Crippen LogP contribution in [0.1, 0.15) is 6.42 Å². The Morgan fingerprint density at radius 3 is 2.73 bits per heavy atom. The normalized spacial score (nSPS) is 13.9. The van der Waals surface area contributed by atoms with Crippen molar-refractivity contribution in [2.75, 3.05) is 56.7 Å². The van der Waals surface area contributed by atoms with Crippen molar-refractivity contribution in [2.24, 2.45) is 0 Å². The maximum absolute atomic E-state index is 12.1. The van der Waals surface area contributed by atoms with Crippen molar-refractivity contribution in [3.63, 3.8) is 0 Å². The van der Waals surface area contributed by atoms with E-state index in [-0.39, 0.29) is 34.7 Å². The molecule has 33 heavy (non-hydrogen) atoms. The minimum absolute atomic E-state index is 0.0536. The molecule has 0 saturated carbocycles. The molecular formula is C19H23Cl2N7O5. The summed E-state index contributed by atoms with van der Waals surface area (Å²) in [6.45, 7) is 4.10. The van der Waals surface area contributed by atoms with Gasteiger partial charge in [-0.15, -0.1) is 0 Å². The Morgan fingerprint density at radius 2 is 2.00 bits per heavy atom. The first-order chi connectivity index (χ1) is 15.9. The highest BCUT2D eigenvalue weighted by atomic mass is 35.5. The summed E-state index contributed by atoms with van der Waals surface area (Å²) >= 11 is 11.8. The van der Waals surface area contributed by atoms with Crippen molar-refractivity contribution in [1.82, 2.24) is 20.3 Å². The van der Waals surface area contributed by atoms with Gasteiger partial charge >= 0.3 is 5.69 Å². The van der Waals surface area contributed by atoms with Crippen LogP contribution in [0.2, 0.25) is 10.0 Å². The molecule has 0 radical (unpaired) electrons. The topological polar surface area (TPSA) is 144 Å². The zero-order chi connectivity index (χ0) is 23.6. The van der Waals surface area contributed by atoms with E-state index in [0.29, 0.717) is 24.8 Å². The Hall–Kier alpha value is -2.93. The SMILES string of the molecule is O=C(COc1ccc(Cl)cc1Cl)NNc1ncnc(NCCCN2CCOCC2)c1[N+](=O)[O-]. The number of hydrazine groups is 1. The number of ether oxygens (including phenoxy) is 2. The van der Waals surface area contributed by atoms with Crippen molar-refractivity contribution in [2.45, 2.75) is 6.42 Å². The lowest BCUT2D eigenvalue weighted by Gasteiger charge is -2.26. The van der Waals surface area contributed by atoms with Crippen molar-refractivity contribution in [3.8, 4) is 5.75 Å². The standard InChI is InChI=1S/C19H23Cl2N7O5/c20-13-2-3-15(14(21)10-13)33-11-16(29)25-26-19-17(28(30)31)18(23-12-24-19)22-4-1-5-27-6-8-32-9-7-27/h2-3,10,12H,1,4-9,11H2,(H,25,29)(H2,22,23,24,26). The van der Waals surface area contributed by atoms with Crippen molar-refractivity contribution in [3.05, 3.63) is 44.7 Å². The zero-order valence-electron chi connectivity index (χ0n) is 17.6. The monoisotopic (exact) mass is 499 g/mol. The number of anilines is 2. The summed E-state index contributed by atoms with van der Waals surface area (Å²) in [6, 6.07) is 4.57. The van der Waals surface area contributed by atoms with Gasteiger partial charge in [-0.25, -0.2) is 9.97 Å². The zero-order valence-corrected chi connectivity index (χ0v) is 19.1. The highest BCUT2D eigenvalue weighted by molar-refractivity contribution is 6.35. The number of benzene rings is 1. The molecule has 1 amide bonds.